The van der Waals surface area contributed by atoms with Crippen molar-refractivity contribution in [1.29, 1.82) is 0 Å². The zero-order valence-electron chi connectivity index (χ0n) is 13.7. The van der Waals surface area contributed by atoms with Crippen LogP contribution in [0, 0.1) is 17.3 Å². The first-order chi connectivity index (χ1) is 9.65. The molecule has 0 spiro atoms. The predicted molar refractivity (Wildman–Crippen MR) is 92.6 cm³/mol. The van der Waals surface area contributed by atoms with Crippen LogP contribution in [0.1, 0.15) is 71.6 Å². The normalized spacial score (nSPS) is 29.1. The van der Waals surface area contributed by atoms with Crippen LogP contribution in [0.25, 0.3) is 0 Å². The summed E-state index contributed by atoms with van der Waals surface area (Å²) >= 11 is 4.75. The standard InChI is InChI=1S/C18H35NS/c1-16(2)17-8-7-12-19(13-9-17)14-18(15-20)10-5-3-4-6-11-18/h16-17,20H,3-15H2,1-2H3. The van der Waals surface area contributed by atoms with Gasteiger partial charge in [0.1, 0.15) is 0 Å². The molecule has 0 amide bonds. The molecule has 1 atom stereocenters. The Morgan fingerprint density at radius 3 is 2.30 bits per heavy atom. The minimum atomic E-state index is 0.525. The van der Waals surface area contributed by atoms with Crippen molar-refractivity contribution >= 4 is 12.6 Å². The smallest absolute Gasteiger partial charge is 0.00458 e. The first kappa shape index (κ1) is 16.7. The van der Waals surface area contributed by atoms with Gasteiger partial charge in [-0.25, -0.2) is 0 Å². The van der Waals surface area contributed by atoms with Gasteiger partial charge in [-0.15, -0.1) is 0 Å². The topological polar surface area (TPSA) is 3.24 Å². The van der Waals surface area contributed by atoms with E-state index >= 15 is 0 Å². The van der Waals surface area contributed by atoms with E-state index in [-0.39, 0.29) is 0 Å². The van der Waals surface area contributed by atoms with Crippen LogP contribution < -0.4 is 0 Å². The largest absolute Gasteiger partial charge is 0.303 e. The lowest BCUT2D eigenvalue weighted by molar-refractivity contribution is 0.152. The number of hydrogen-bond acceptors (Lipinski definition) is 2. The van der Waals surface area contributed by atoms with E-state index in [0.717, 1.165) is 17.6 Å². The summed E-state index contributed by atoms with van der Waals surface area (Å²) in [5.41, 5.74) is 0.525. The second-order valence-electron chi connectivity index (χ2n) is 7.78. The number of hydrogen-bond donors (Lipinski definition) is 1. The molecule has 2 heteroatoms. The van der Waals surface area contributed by atoms with E-state index < -0.39 is 0 Å². The molecule has 0 N–H and O–H groups in total. The molecule has 1 saturated carbocycles. The highest BCUT2D eigenvalue weighted by atomic mass is 32.1. The van der Waals surface area contributed by atoms with Crippen molar-refractivity contribution in [3.05, 3.63) is 0 Å². The maximum Gasteiger partial charge on any atom is 0.00458 e. The van der Waals surface area contributed by atoms with E-state index in [1.165, 1.54) is 77.4 Å². The first-order valence-electron chi connectivity index (χ1n) is 8.98. The zero-order valence-corrected chi connectivity index (χ0v) is 14.6. The Morgan fingerprint density at radius 2 is 1.70 bits per heavy atom. The summed E-state index contributed by atoms with van der Waals surface area (Å²) in [4.78, 5) is 2.78. The van der Waals surface area contributed by atoms with Crippen molar-refractivity contribution < 1.29 is 0 Å². The summed E-state index contributed by atoms with van der Waals surface area (Å²) in [5.74, 6) is 2.92. The summed E-state index contributed by atoms with van der Waals surface area (Å²) in [6.07, 6.45) is 12.9. The molecule has 0 aromatic carbocycles. The molecule has 0 bridgehead atoms. The van der Waals surface area contributed by atoms with Gasteiger partial charge >= 0.3 is 0 Å². The lowest BCUT2D eigenvalue weighted by Crippen LogP contribution is -2.39. The van der Waals surface area contributed by atoms with E-state index in [1.54, 1.807) is 0 Å². The van der Waals surface area contributed by atoms with Crippen LogP contribution in [0.4, 0.5) is 0 Å². The van der Waals surface area contributed by atoms with E-state index in [4.69, 9.17) is 12.6 Å². The van der Waals surface area contributed by atoms with Gasteiger partial charge in [-0.1, -0.05) is 39.5 Å². The third-order valence-corrected chi connectivity index (χ3v) is 6.54. The highest BCUT2D eigenvalue weighted by Gasteiger charge is 2.32. The van der Waals surface area contributed by atoms with Crippen LogP contribution in [0.2, 0.25) is 0 Å². The van der Waals surface area contributed by atoms with Crippen molar-refractivity contribution in [3.8, 4) is 0 Å². The van der Waals surface area contributed by atoms with Gasteiger partial charge in [0, 0.05) is 6.54 Å². The molecule has 1 aliphatic heterocycles. The minimum Gasteiger partial charge on any atom is -0.303 e. The second-order valence-corrected chi connectivity index (χ2v) is 8.10. The SMILES string of the molecule is CC(C)C1CCCN(CC2(CS)CCCCCC2)CC1. The van der Waals surface area contributed by atoms with Gasteiger partial charge in [0.25, 0.3) is 0 Å². The predicted octanol–water partition coefficient (Wildman–Crippen LogP) is 5.01. The fourth-order valence-corrected chi connectivity index (χ4v) is 4.74. The summed E-state index contributed by atoms with van der Waals surface area (Å²) in [7, 11) is 0. The average molecular weight is 298 g/mol. The fraction of sp³-hybridized carbons (Fsp3) is 1.00. The van der Waals surface area contributed by atoms with E-state index in [0.29, 0.717) is 5.41 Å². The van der Waals surface area contributed by atoms with Crippen LogP contribution in [-0.2, 0) is 0 Å². The zero-order chi connectivity index (χ0) is 14.4. The van der Waals surface area contributed by atoms with Crippen molar-refractivity contribution in [3.63, 3.8) is 0 Å². The molecule has 2 aliphatic rings. The summed E-state index contributed by atoms with van der Waals surface area (Å²) in [6, 6.07) is 0. The Kier molecular flexibility index (Phi) is 6.74. The van der Waals surface area contributed by atoms with E-state index in [1.807, 2.05) is 0 Å². The molecule has 1 nitrogen and oxygen atoms in total. The van der Waals surface area contributed by atoms with Gasteiger partial charge < -0.3 is 4.90 Å². The second kappa shape index (κ2) is 8.08. The summed E-state index contributed by atoms with van der Waals surface area (Å²) in [5, 5.41) is 0. The van der Waals surface area contributed by atoms with Gasteiger partial charge in [-0.2, -0.15) is 12.6 Å². The molecule has 118 valence electrons. The minimum absolute atomic E-state index is 0.525. The first-order valence-corrected chi connectivity index (χ1v) is 9.62. The molecule has 0 aromatic heterocycles. The molecule has 0 aromatic rings. The monoisotopic (exact) mass is 297 g/mol. The summed E-state index contributed by atoms with van der Waals surface area (Å²) < 4.78 is 0. The number of nitrogens with zero attached hydrogens (tertiary/aromatic N) is 1. The van der Waals surface area contributed by atoms with Gasteiger partial charge in [0.05, 0.1) is 0 Å². The number of rotatable bonds is 4. The molecule has 2 rings (SSSR count). The maximum absolute atomic E-state index is 4.75. The third-order valence-electron chi connectivity index (χ3n) is 5.87. The maximum atomic E-state index is 4.75. The van der Waals surface area contributed by atoms with Crippen LogP contribution in [-0.4, -0.2) is 30.3 Å². The number of thiol groups is 1. The van der Waals surface area contributed by atoms with Gasteiger partial charge in [-0.05, 0) is 68.2 Å². The van der Waals surface area contributed by atoms with Crippen LogP contribution in [0.5, 0.6) is 0 Å². The Bertz CT molecular complexity index is 269. The molecular formula is C18H35NS. The van der Waals surface area contributed by atoms with Crippen LogP contribution in [0.15, 0.2) is 0 Å². The quantitative estimate of drug-likeness (QED) is 0.563. The fourth-order valence-electron chi connectivity index (χ4n) is 4.33. The highest BCUT2D eigenvalue weighted by Crippen LogP contribution is 2.37. The lowest BCUT2D eigenvalue weighted by Gasteiger charge is -2.37. The Hall–Kier alpha value is 0.310. The molecule has 0 radical (unpaired) electrons. The van der Waals surface area contributed by atoms with Crippen molar-refractivity contribution in [2.75, 3.05) is 25.4 Å². The molecule has 1 saturated heterocycles. The van der Waals surface area contributed by atoms with Crippen molar-refractivity contribution in [2.24, 2.45) is 17.3 Å². The van der Waals surface area contributed by atoms with Gasteiger partial charge in [-0.3, -0.25) is 0 Å². The van der Waals surface area contributed by atoms with E-state index in [9.17, 15) is 0 Å². The lowest BCUT2D eigenvalue weighted by atomic mass is 9.81. The van der Waals surface area contributed by atoms with E-state index in [2.05, 4.69) is 18.7 Å². The average Bonchev–Trinajstić information content (AvgIpc) is 2.80. The third kappa shape index (κ3) is 4.66. The highest BCUT2D eigenvalue weighted by molar-refractivity contribution is 7.80. The summed E-state index contributed by atoms with van der Waals surface area (Å²) in [6.45, 7) is 8.79. The Labute approximate surface area is 132 Å². The van der Waals surface area contributed by atoms with Gasteiger partial charge in [0.15, 0.2) is 0 Å². The molecule has 2 fully saturated rings. The molecule has 20 heavy (non-hydrogen) atoms. The van der Waals surface area contributed by atoms with Crippen LogP contribution in [0.3, 0.4) is 0 Å². The molecular weight excluding hydrogens is 262 g/mol. The van der Waals surface area contributed by atoms with Crippen molar-refractivity contribution in [1.82, 2.24) is 4.90 Å². The van der Waals surface area contributed by atoms with Crippen molar-refractivity contribution in [2.45, 2.75) is 71.6 Å². The van der Waals surface area contributed by atoms with Gasteiger partial charge in [0.2, 0.25) is 0 Å². The number of likely N-dealkylation sites (tertiary alicyclic amines) is 1. The van der Waals surface area contributed by atoms with Crippen LogP contribution >= 0.6 is 12.6 Å². The Balaban J connectivity index is 1.90. The Morgan fingerprint density at radius 1 is 1.00 bits per heavy atom. The molecule has 1 heterocycles. The molecule has 1 unspecified atom stereocenters. The molecule has 1 aliphatic carbocycles.